The molecule has 0 saturated heterocycles. The van der Waals surface area contributed by atoms with E-state index in [-0.39, 0.29) is 6.61 Å². The van der Waals surface area contributed by atoms with Crippen molar-refractivity contribution >= 4 is 5.91 Å². The van der Waals surface area contributed by atoms with Gasteiger partial charge in [-0.1, -0.05) is 309 Å². The quantitative estimate of drug-likeness (QED) is 0.0459. The number of unbranched alkanes of at least 4 members (excludes halogenated alkanes) is 44. The molecule has 0 aromatic rings. The lowest BCUT2D eigenvalue weighted by molar-refractivity contribution is -0.131. The molecule has 1 amide bonds. The van der Waals surface area contributed by atoms with Gasteiger partial charge in [0.05, 0.1) is 18.8 Å². The summed E-state index contributed by atoms with van der Waals surface area (Å²) in [6.45, 7) is 4.28. The second-order valence-corrected chi connectivity index (χ2v) is 19.5. The summed E-state index contributed by atoms with van der Waals surface area (Å²) in [7, 11) is 0. The molecule has 5 nitrogen and oxygen atoms in total. The van der Waals surface area contributed by atoms with E-state index >= 15 is 0 Å². The van der Waals surface area contributed by atoms with Crippen LogP contribution >= 0.6 is 0 Å². The molecule has 0 spiro atoms. The highest BCUT2D eigenvalue weighted by Crippen LogP contribution is 2.18. The fourth-order valence-corrected chi connectivity index (χ4v) is 9.14. The Balaban J connectivity index is 3.50. The van der Waals surface area contributed by atoms with Crippen molar-refractivity contribution in [2.75, 3.05) is 6.61 Å². The summed E-state index contributed by atoms with van der Waals surface area (Å²) in [6, 6.07) is -0.707. The first-order chi connectivity index (χ1) is 29.6. The molecule has 0 heterocycles. The molecule has 0 bridgehead atoms. The second-order valence-electron chi connectivity index (χ2n) is 19.5. The van der Waals surface area contributed by atoms with Crippen LogP contribution in [0.1, 0.15) is 322 Å². The van der Waals surface area contributed by atoms with E-state index in [0.717, 1.165) is 32.1 Å². The number of nitrogens with one attached hydrogen (secondary N) is 1. The third kappa shape index (κ3) is 45.4. The molecule has 360 valence electrons. The SMILES string of the molecule is CCCCCCCCCCCCCCCCCCCCCCCCCC(O)C(=O)NC(CO)C(O)CCCCCCCCCCCCCCCCCCCCCCCCC. The van der Waals surface area contributed by atoms with E-state index in [1.165, 1.54) is 263 Å². The van der Waals surface area contributed by atoms with Crippen LogP contribution < -0.4 is 5.32 Å². The second kappa shape index (κ2) is 51.0. The molecular formula is C55H111NO4. The smallest absolute Gasteiger partial charge is 0.249 e. The molecular weight excluding hydrogens is 739 g/mol. The Morgan fingerprint density at radius 1 is 0.333 bits per heavy atom. The van der Waals surface area contributed by atoms with Crippen molar-refractivity contribution in [1.82, 2.24) is 5.32 Å². The van der Waals surface area contributed by atoms with Crippen LogP contribution in [-0.4, -0.2) is 46.1 Å². The average Bonchev–Trinajstić information content (AvgIpc) is 3.25. The van der Waals surface area contributed by atoms with Gasteiger partial charge in [0.2, 0.25) is 5.91 Å². The summed E-state index contributed by atoms with van der Waals surface area (Å²) in [5.74, 6) is -0.462. The number of rotatable bonds is 52. The zero-order chi connectivity index (χ0) is 43.7. The van der Waals surface area contributed by atoms with Crippen molar-refractivity contribution in [3.8, 4) is 0 Å². The van der Waals surface area contributed by atoms with Crippen molar-refractivity contribution < 1.29 is 20.1 Å². The molecule has 60 heavy (non-hydrogen) atoms. The molecule has 0 saturated carbocycles. The Kier molecular flexibility index (Phi) is 50.4. The standard InChI is InChI=1S/C55H111NO4/c1-3-5-7-9-11-13-15-17-19-21-23-25-27-29-31-33-35-37-39-41-43-45-47-49-53(58)52(51-57)56-55(60)54(59)50-48-46-44-42-40-38-36-34-32-30-28-26-24-22-20-18-16-14-12-10-8-6-4-2/h52-54,57-59H,3-51H2,1-2H3,(H,56,60). The van der Waals surface area contributed by atoms with Gasteiger partial charge in [0, 0.05) is 0 Å². The Bertz CT molecular complexity index is 807. The first-order valence-corrected chi connectivity index (χ1v) is 27.8. The van der Waals surface area contributed by atoms with Gasteiger partial charge in [-0.3, -0.25) is 4.79 Å². The van der Waals surface area contributed by atoms with Crippen LogP contribution in [0.15, 0.2) is 0 Å². The monoisotopic (exact) mass is 850 g/mol. The van der Waals surface area contributed by atoms with Gasteiger partial charge in [-0.25, -0.2) is 0 Å². The maximum Gasteiger partial charge on any atom is 0.249 e. The molecule has 5 heteroatoms. The molecule has 0 aromatic heterocycles. The highest BCUT2D eigenvalue weighted by molar-refractivity contribution is 5.80. The number of aliphatic hydroxyl groups is 3. The Hall–Kier alpha value is -0.650. The van der Waals surface area contributed by atoms with Gasteiger partial charge in [0.1, 0.15) is 6.10 Å². The lowest BCUT2D eigenvalue weighted by atomic mass is 10.0. The van der Waals surface area contributed by atoms with Crippen LogP contribution in [0.4, 0.5) is 0 Å². The van der Waals surface area contributed by atoms with E-state index in [9.17, 15) is 20.1 Å². The molecule has 0 fully saturated rings. The number of carbonyl (C=O) groups is 1. The highest BCUT2D eigenvalue weighted by atomic mass is 16.3. The number of aliphatic hydroxyl groups excluding tert-OH is 3. The van der Waals surface area contributed by atoms with E-state index in [2.05, 4.69) is 19.2 Å². The van der Waals surface area contributed by atoms with E-state index in [1.54, 1.807) is 0 Å². The Morgan fingerprint density at radius 3 is 0.750 bits per heavy atom. The average molecular weight is 850 g/mol. The highest BCUT2D eigenvalue weighted by Gasteiger charge is 2.23. The normalized spacial score (nSPS) is 13.2. The van der Waals surface area contributed by atoms with Crippen molar-refractivity contribution in [2.45, 2.75) is 340 Å². The van der Waals surface area contributed by atoms with E-state index in [0.29, 0.717) is 12.8 Å². The van der Waals surface area contributed by atoms with Gasteiger partial charge in [-0.2, -0.15) is 0 Å². The summed E-state index contributed by atoms with van der Waals surface area (Å²) in [5, 5.41) is 33.6. The molecule has 0 aliphatic carbocycles. The predicted octanol–water partition coefficient (Wildman–Crippen LogP) is 16.9. The summed E-state index contributed by atoms with van der Waals surface area (Å²) < 4.78 is 0. The molecule has 0 rings (SSSR count). The van der Waals surface area contributed by atoms with Crippen LogP contribution in [-0.2, 0) is 4.79 Å². The molecule has 0 radical (unpaired) electrons. The van der Waals surface area contributed by atoms with Crippen molar-refractivity contribution in [3.05, 3.63) is 0 Å². The van der Waals surface area contributed by atoms with E-state index < -0.39 is 24.2 Å². The minimum Gasteiger partial charge on any atom is -0.394 e. The van der Waals surface area contributed by atoms with Gasteiger partial charge in [0.15, 0.2) is 0 Å². The van der Waals surface area contributed by atoms with Crippen molar-refractivity contribution in [1.29, 1.82) is 0 Å². The molecule has 0 aromatic carbocycles. The number of hydrogen-bond donors (Lipinski definition) is 4. The fourth-order valence-electron chi connectivity index (χ4n) is 9.14. The summed E-state index contributed by atoms with van der Waals surface area (Å²) in [4.78, 5) is 12.6. The maximum atomic E-state index is 12.6. The van der Waals surface area contributed by atoms with Crippen LogP contribution in [0.3, 0.4) is 0 Å². The van der Waals surface area contributed by atoms with Crippen molar-refractivity contribution in [2.24, 2.45) is 0 Å². The molecule has 4 N–H and O–H groups in total. The fraction of sp³-hybridized carbons (Fsp3) is 0.982. The minimum absolute atomic E-state index is 0.307. The van der Waals surface area contributed by atoms with Crippen LogP contribution in [0.5, 0.6) is 0 Å². The van der Waals surface area contributed by atoms with Crippen LogP contribution in [0.25, 0.3) is 0 Å². The molecule has 3 unspecified atom stereocenters. The first kappa shape index (κ1) is 59.4. The molecule has 3 atom stereocenters. The number of hydrogen-bond acceptors (Lipinski definition) is 4. The van der Waals surface area contributed by atoms with E-state index in [4.69, 9.17) is 0 Å². The summed E-state index contributed by atoms with van der Waals surface area (Å²) in [6.07, 6.45) is 61.4. The topological polar surface area (TPSA) is 89.8 Å². The van der Waals surface area contributed by atoms with Gasteiger partial charge in [-0.05, 0) is 12.8 Å². The van der Waals surface area contributed by atoms with Crippen LogP contribution in [0.2, 0.25) is 0 Å². The number of amides is 1. The number of carbonyl (C=O) groups excluding carboxylic acids is 1. The first-order valence-electron chi connectivity index (χ1n) is 27.8. The van der Waals surface area contributed by atoms with Gasteiger partial charge in [-0.15, -0.1) is 0 Å². The Labute approximate surface area is 377 Å². The molecule has 0 aliphatic rings. The summed E-state index contributed by atoms with van der Waals surface area (Å²) in [5.41, 5.74) is 0. The summed E-state index contributed by atoms with van der Waals surface area (Å²) >= 11 is 0. The van der Waals surface area contributed by atoms with Gasteiger partial charge >= 0.3 is 0 Å². The maximum absolute atomic E-state index is 12.6. The third-order valence-electron chi connectivity index (χ3n) is 13.5. The van der Waals surface area contributed by atoms with Crippen LogP contribution in [0, 0.1) is 0 Å². The lowest BCUT2D eigenvalue weighted by Crippen LogP contribution is -2.49. The van der Waals surface area contributed by atoms with Gasteiger partial charge in [0.25, 0.3) is 0 Å². The molecule has 0 aliphatic heterocycles. The predicted molar refractivity (Wildman–Crippen MR) is 264 cm³/mol. The third-order valence-corrected chi connectivity index (χ3v) is 13.5. The zero-order valence-electron chi connectivity index (χ0n) is 41.1. The minimum atomic E-state index is -1.07. The van der Waals surface area contributed by atoms with E-state index in [1.807, 2.05) is 0 Å². The largest absolute Gasteiger partial charge is 0.394 e. The van der Waals surface area contributed by atoms with Crippen molar-refractivity contribution in [3.63, 3.8) is 0 Å². The Morgan fingerprint density at radius 2 is 0.533 bits per heavy atom. The van der Waals surface area contributed by atoms with Gasteiger partial charge < -0.3 is 20.6 Å². The lowest BCUT2D eigenvalue weighted by Gasteiger charge is -2.23. The zero-order valence-corrected chi connectivity index (χ0v) is 41.1.